The first kappa shape index (κ1) is 20.3. The molecule has 1 N–H and O–H groups in total. The third-order valence-corrected chi connectivity index (χ3v) is 3.19. The van der Waals surface area contributed by atoms with Crippen LogP contribution in [0.3, 0.4) is 0 Å². The van der Waals surface area contributed by atoms with E-state index in [-0.39, 0.29) is 12.5 Å². The van der Waals surface area contributed by atoms with Crippen LogP contribution in [-0.4, -0.2) is 23.7 Å². The van der Waals surface area contributed by atoms with Crippen molar-refractivity contribution in [3.05, 3.63) is 34.9 Å². The predicted octanol–water partition coefficient (Wildman–Crippen LogP) is 4.32. The van der Waals surface area contributed by atoms with Crippen molar-refractivity contribution in [3.63, 3.8) is 0 Å². The average Bonchev–Trinajstić information content (AvgIpc) is 2.41. The summed E-state index contributed by atoms with van der Waals surface area (Å²) in [5.74, 6) is -0.279. The van der Waals surface area contributed by atoms with Gasteiger partial charge in [-0.3, -0.25) is 0 Å². The Morgan fingerprint density at radius 1 is 1.25 bits per heavy atom. The molecule has 0 radical (unpaired) electrons. The lowest BCUT2D eigenvalue weighted by molar-refractivity contribution is -0.148. The van der Waals surface area contributed by atoms with Crippen molar-refractivity contribution in [3.8, 4) is 0 Å². The van der Waals surface area contributed by atoms with Gasteiger partial charge in [0.2, 0.25) is 0 Å². The predicted molar refractivity (Wildman–Crippen MR) is 93.9 cm³/mol. The molecular formula is C18H26ClNO4. The van der Waals surface area contributed by atoms with Gasteiger partial charge in [0, 0.05) is 5.02 Å². The first-order valence-corrected chi connectivity index (χ1v) is 8.35. The van der Waals surface area contributed by atoms with Crippen LogP contribution >= 0.6 is 11.6 Å². The zero-order valence-electron chi connectivity index (χ0n) is 14.9. The molecule has 1 rings (SSSR count). The van der Waals surface area contributed by atoms with Crippen LogP contribution in [0.25, 0.3) is 0 Å². The average molecular weight is 356 g/mol. The van der Waals surface area contributed by atoms with E-state index in [0.717, 1.165) is 5.56 Å². The number of amides is 1. The number of halogens is 1. The Balaban J connectivity index is 2.65. The number of hydrogen-bond acceptors (Lipinski definition) is 4. The van der Waals surface area contributed by atoms with Gasteiger partial charge >= 0.3 is 12.1 Å². The molecule has 1 amide bonds. The summed E-state index contributed by atoms with van der Waals surface area (Å²) in [6.45, 7) is 9.33. The molecule has 0 saturated carbocycles. The highest BCUT2D eigenvalue weighted by Gasteiger charge is 2.26. The monoisotopic (exact) mass is 355 g/mol. The van der Waals surface area contributed by atoms with E-state index in [4.69, 9.17) is 21.1 Å². The summed E-state index contributed by atoms with van der Waals surface area (Å²) in [4.78, 5) is 24.2. The molecule has 0 fully saturated rings. The fraction of sp³-hybridized carbons (Fsp3) is 0.556. The van der Waals surface area contributed by atoms with Crippen LogP contribution in [0.5, 0.6) is 0 Å². The van der Waals surface area contributed by atoms with E-state index in [1.807, 2.05) is 19.9 Å². The van der Waals surface area contributed by atoms with Crippen LogP contribution in [0.4, 0.5) is 4.79 Å². The van der Waals surface area contributed by atoms with Crippen LogP contribution in [-0.2, 0) is 20.9 Å². The summed E-state index contributed by atoms with van der Waals surface area (Å²) >= 11 is 5.91. The standard InChI is InChI=1S/C18H26ClNO4/c1-12(2)9-15(20-17(22)24-18(3,4)5)16(21)23-11-13-7-6-8-14(19)10-13/h6-8,10,12,15H,9,11H2,1-5H3,(H,20,22)/t15-/m0/s1. The number of esters is 1. The fourth-order valence-corrected chi connectivity index (χ4v) is 2.23. The second-order valence-electron chi connectivity index (χ2n) is 7.07. The van der Waals surface area contributed by atoms with Gasteiger partial charge in [0.05, 0.1) is 0 Å². The molecule has 0 aliphatic heterocycles. The van der Waals surface area contributed by atoms with E-state index in [1.165, 1.54) is 0 Å². The van der Waals surface area contributed by atoms with Gasteiger partial charge in [-0.05, 0) is 50.8 Å². The van der Waals surface area contributed by atoms with E-state index >= 15 is 0 Å². The Bertz CT molecular complexity index is 566. The molecule has 0 aliphatic carbocycles. The number of carbonyl (C=O) groups excluding carboxylic acids is 2. The molecule has 24 heavy (non-hydrogen) atoms. The molecule has 0 bridgehead atoms. The third kappa shape index (κ3) is 8.20. The lowest BCUT2D eigenvalue weighted by Crippen LogP contribution is -2.44. The number of alkyl carbamates (subject to hydrolysis) is 1. The third-order valence-electron chi connectivity index (χ3n) is 2.95. The summed E-state index contributed by atoms with van der Waals surface area (Å²) in [6.07, 6.45) is -0.166. The van der Waals surface area contributed by atoms with Crippen LogP contribution in [0.1, 0.15) is 46.6 Å². The maximum Gasteiger partial charge on any atom is 0.408 e. The highest BCUT2D eigenvalue weighted by molar-refractivity contribution is 6.30. The molecule has 0 spiro atoms. The Kier molecular flexibility index (Phi) is 7.55. The number of ether oxygens (including phenoxy) is 2. The molecule has 0 saturated heterocycles. The van der Waals surface area contributed by atoms with Gasteiger partial charge in [-0.1, -0.05) is 37.6 Å². The lowest BCUT2D eigenvalue weighted by Gasteiger charge is -2.23. The van der Waals surface area contributed by atoms with E-state index < -0.39 is 23.7 Å². The van der Waals surface area contributed by atoms with Crippen molar-refractivity contribution >= 4 is 23.7 Å². The van der Waals surface area contributed by atoms with Gasteiger partial charge in [-0.2, -0.15) is 0 Å². The molecule has 1 aromatic carbocycles. The van der Waals surface area contributed by atoms with Gasteiger partial charge in [0.1, 0.15) is 18.2 Å². The molecule has 0 aliphatic rings. The summed E-state index contributed by atoms with van der Waals surface area (Å²) in [5, 5.41) is 3.17. The molecule has 5 nitrogen and oxygen atoms in total. The first-order chi connectivity index (χ1) is 11.1. The number of benzene rings is 1. The molecule has 6 heteroatoms. The number of carbonyl (C=O) groups is 2. The maximum atomic E-state index is 12.3. The zero-order valence-corrected chi connectivity index (χ0v) is 15.6. The minimum absolute atomic E-state index is 0.101. The van der Waals surface area contributed by atoms with Crippen molar-refractivity contribution in [1.82, 2.24) is 5.32 Å². The fourth-order valence-electron chi connectivity index (χ4n) is 2.02. The van der Waals surface area contributed by atoms with Gasteiger partial charge in [-0.15, -0.1) is 0 Å². The highest BCUT2D eigenvalue weighted by Crippen LogP contribution is 2.14. The van der Waals surface area contributed by atoms with Gasteiger partial charge in [-0.25, -0.2) is 9.59 Å². The van der Waals surface area contributed by atoms with Crippen LogP contribution in [0, 0.1) is 5.92 Å². The molecule has 1 atom stereocenters. The smallest absolute Gasteiger partial charge is 0.408 e. The van der Waals surface area contributed by atoms with E-state index in [2.05, 4.69) is 5.32 Å². The Morgan fingerprint density at radius 2 is 1.92 bits per heavy atom. The summed E-state index contributed by atoms with van der Waals surface area (Å²) in [6, 6.07) is 6.33. The Morgan fingerprint density at radius 3 is 2.46 bits per heavy atom. The quantitative estimate of drug-likeness (QED) is 0.771. The topological polar surface area (TPSA) is 64.6 Å². The molecular weight excluding hydrogens is 330 g/mol. The first-order valence-electron chi connectivity index (χ1n) is 7.97. The second kappa shape index (κ2) is 8.92. The summed E-state index contributed by atoms with van der Waals surface area (Å²) < 4.78 is 10.5. The number of rotatable bonds is 6. The number of nitrogens with one attached hydrogen (secondary N) is 1. The SMILES string of the molecule is CC(C)C[C@H](NC(=O)OC(C)(C)C)C(=O)OCc1cccc(Cl)c1. The van der Waals surface area contributed by atoms with Crippen molar-refractivity contribution < 1.29 is 19.1 Å². The van der Waals surface area contributed by atoms with Gasteiger partial charge < -0.3 is 14.8 Å². The van der Waals surface area contributed by atoms with Crippen molar-refractivity contribution in [2.75, 3.05) is 0 Å². The molecule has 1 aromatic rings. The second-order valence-corrected chi connectivity index (χ2v) is 7.50. The van der Waals surface area contributed by atoms with E-state index in [0.29, 0.717) is 11.4 Å². The normalized spacial score (nSPS) is 12.6. The maximum absolute atomic E-state index is 12.3. The van der Waals surface area contributed by atoms with Crippen molar-refractivity contribution in [2.24, 2.45) is 5.92 Å². The molecule has 0 heterocycles. The minimum Gasteiger partial charge on any atom is -0.459 e. The van der Waals surface area contributed by atoms with Crippen LogP contribution in [0.15, 0.2) is 24.3 Å². The van der Waals surface area contributed by atoms with Crippen molar-refractivity contribution in [1.29, 1.82) is 0 Å². The van der Waals surface area contributed by atoms with Crippen molar-refractivity contribution in [2.45, 2.75) is 59.3 Å². The molecule has 0 aromatic heterocycles. The van der Waals surface area contributed by atoms with Crippen LogP contribution in [0.2, 0.25) is 5.02 Å². The summed E-state index contributed by atoms with van der Waals surface area (Å²) in [5.41, 5.74) is 0.161. The molecule has 134 valence electrons. The highest BCUT2D eigenvalue weighted by atomic mass is 35.5. The van der Waals surface area contributed by atoms with E-state index in [1.54, 1.807) is 39.0 Å². The summed E-state index contributed by atoms with van der Waals surface area (Å²) in [7, 11) is 0. The minimum atomic E-state index is -0.751. The lowest BCUT2D eigenvalue weighted by atomic mass is 10.0. The Labute approximate surface area is 148 Å². The molecule has 0 unspecified atom stereocenters. The largest absolute Gasteiger partial charge is 0.459 e. The number of hydrogen-bond donors (Lipinski definition) is 1. The van der Waals surface area contributed by atoms with Gasteiger partial charge in [0.15, 0.2) is 0 Å². The Hall–Kier alpha value is -1.75. The van der Waals surface area contributed by atoms with Crippen LogP contribution < -0.4 is 5.32 Å². The van der Waals surface area contributed by atoms with Gasteiger partial charge in [0.25, 0.3) is 0 Å². The zero-order chi connectivity index (χ0) is 18.3. The van der Waals surface area contributed by atoms with E-state index in [9.17, 15) is 9.59 Å².